The van der Waals surface area contributed by atoms with Gasteiger partial charge in [0.2, 0.25) is 0 Å². The van der Waals surface area contributed by atoms with E-state index in [2.05, 4.69) is 20.8 Å². The fourth-order valence-corrected chi connectivity index (χ4v) is 9.95. The van der Waals surface area contributed by atoms with Crippen LogP contribution in [0.4, 0.5) is 0 Å². The van der Waals surface area contributed by atoms with Gasteiger partial charge in [-0.05, 0) is 61.4 Å². The maximum atomic E-state index is 12.5. The fourth-order valence-electron chi connectivity index (χ4n) is 7.97. The predicted octanol–water partition coefficient (Wildman–Crippen LogP) is 16.4. The van der Waals surface area contributed by atoms with E-state index in [-0.39, 0.29) is 11.9 Å². The third-order valence-electron chi connectivity index (χ3n) is 12.0. The summed E-state index contributed by atoms with van der Waals surface area (Å²) < 4.78 is 11.1. The molecule has 58 heavy (non-hydrogen) atoms. The zero-order valence-corrected chi connectivity index (χ0v) is 40.4. The van der Waals surface area contributed by atoms with E-state index in [1.807, 2.05) is 13.8 Å². The van der Waals surface area contributed by atoms with Gasteiger partial charge < -0.3 is 14.6 Å². The topological polar surface area (TPSA) is 72.8 Å². The van der Waals surface area contributed by atoms with Gasteiger partial charge in [-0.2, -0.15) is 0 Å². The molecule has 0 spiro atoms. The van der Waals surface area contributed by atoms with Crippen LogP contribution in [-0.4, -0.2) is 41.8 Å². The average molecular weight is 849 g/mol. The molecule has 0 atom stereocenters. The second-order valence-electron chi connectivity index (χ2n) is 17.2. The van der Waals surface area contributed by atoms with Crippen molar-refractivity contribution in [1.82, 2.24) is 0 Å². The molecule has 7 heteroatoms. The molecule has 0 amide bonds. The van der Waals surface area contributed by atoms with Crippen molar-refractivity contribution in [1.29, 1.82) is 0 Å². The number of unbranched alkanes of at least 4 members (excludes halogenated alkanes) is 30. The third kappa shape index (κ3) is 29.8. The average Bonchev–Trinajstić information content (AvgIpc) is 3.22. The molecule has 0 unspecified atom stereocenters. The van der Waals surface area contributed by atoms with Crippen LogP contribution in [-0.2, 0) is 30.6 Å². The molecule has 1 N–H and O–H groups in total. The number of aromatic hydroxyl groups is 1. The molecule has 1 aromatic carbocycles. The van der Waals surface area contributed by atoms with Gasteiger partial charge in [-0.1, -0.05) is 206 Å². The van der Waals surface area contributed by atoms with Gasteiger partial charge in [-0.25, -0.2) is 0 Å². The molecule has 0 radical (unpaired) electrons. The van der Waals surface area contributed by atoms with Crippen LogP contribution < -0.4 is 0 Å². The quantitative estimate of drug-likeness (QED) is 0.0519. The lowest BCUT2D eigenvalue weighted by Gasteiger charge is -2.19. The van der Waals surface area contributed by atoms with E-state index in [4.69, 9.17) is 9.47 Å². The van der Waals surface area contributed by atoms with Crippen molar-refractivity contribution in [2.45, 2.75) is 252 Å². The van der Waals surface area contributed by atoms with Gasteiger partial charge in [-0.3, -0.25) is 9.59 Å². The zero-order chi connectivity index (χ0) is 42.3. The number of hydrogen-bond donors (Lipinski definition) is 1. The molecular weight excluding hydrogens is 757 g/mol. The summed E-state index contributed by atoms with van der Waals surface area (Å²) in [6, 6.07) is 0. The van der Waals surface area contributed by atoms with Crippen LogP contribution in [0.3, 0.4) is 0 Å². The molecule has 1 aromatic rings. The largest absolute Gasteiger partial charge is 0.507 e. The molecule has 0 aromatic heterocycles. The Hall–Kier alpha value is -1.34. The van der Waals surface area contributed by atoms with E-state index in [0.717, 1.165) is 53.5 Å². The second kappa shape index (κ2) is 39.8. The number of phenols is 1. The molecule has 1 rings (SSSR count). The first kappa shape index (κ1) is 54.7. The molecule has 5 nitrogen and oxygen atoms in total. The second-order valence-corrected chi connectivity index (χ2v) is 19.2. The van der Waals surface area contributed by atoms with E-state index in [0.29, 0.717) is 42.0 Å². The van der Waals surface area contributed by atoms with Gasteiger partial charge in [0.25, 0.3) is 0 Å². The SMILES string of the molecule is CCCCCCCCCCCCCCCCCCOC(=O)CSCc1c(C)c(O)c(C)c(CSCC(=O)OCCCCCCCCCCCCCCCCCC)c1C. The monoisotopic (exact) mass is 849 g/mol. The standard InChI is InChI=1S/C51H92O5S2/c1-6-8-10-12-14-16-18-20-22-24-26-28-30-32-34-36-38-55-49(52)42-57-40-47-44(3)48(46(5)51(54)45(47)4)41-58-43-50(53)56-39-37-35-33-31-29-27-25-23-21-19-17-15-13-11-9-7-2/h54H,6-43H2,1-5H3. The van der Waals surface area contributed by atoms with E-state index < -0.39 is 0 Å². The highest BCUT2D eigenvalue weighted by Gasteiger charge is 2.18. The first-order chi connectivity index (χ1) is 28.3. The minimum absolute atomic E-state index is 0.161. The lowest BCUT2D eigenvalue weighted by atomic mass is 9.94. The Bertz CT molecular complexity index is 1060. The summed E-state index contributed by atoms with van der Waals surface area (Å²) in [5.41, 5.74) is 5.02. The Morgan fingerprint density at radius 2 is 0.638 bits per heavy atom. The molecule has 0 bridgehead atoms. The van der Waals surface area contributed by atoms with Crippen molar-refractivity contribution in [2.75, 3.05) is 24.7 Å². The van der Waals surface area contributed by atoms with E-state index >= 15 is 0 Å². The van der Waals surface area contributed by atoms with Crippen molar-refractivity contribution >= 4 is 35.5 Å². The number of phenolic OH excluding ortho intramolecular Hbond substituents is 1. The number of esters is 2. The summed E-state index contributed by atoms with van der Waals surface area (Å²) in [5.74, 6) is 1.88. The first-order valence-electron chi connectivity index (χ1n) is 24.6. The molecule has 338 valence electrons. The number of carbonyl (C=O) groups is 2. The highest BCUT2D eigenvalue weighted by Crippen LogP contribution is 2.36. The van der Waals surface area contributed by atoms with Crippen molar-refractivity contribution in [3.8, 4) is 5.75 Å². The summed E-state index contributed by atoms with van der Waals surface area (Å²) in [6.07, 6.45) is 42.5. The van der Waals surface area contributed by atoms with Gasteiger partial charge in [0, 0.05) is 11.5 Å². The molecule has 0 saturated heterocycles. The number of benzene rings is 1. The molecule has 0 fully saturated rings. The smallest absolute Gasteiger partial charge is 0.315 e. The Labute approximate surface area is 367 Å². The molecule has 0 heterocycles. The zero-order valence-electron chi connectivity index (χ0n) is 38.8. The number of rotatable bonds is 42. The van der Waals surface area contributed by atoms with Crippen LogP contribution in [0.2, 0.25) is 0 Å². The Balaban J connectivity index is 2.11. The van der Waals surface area contributed by atoms with Crippen molar-refractivity contribution in [3.63, 3.8) is 0 Å². The Morgan fingerprint density at radius 3 is 0.897 bits per heavy atom. The van der Waals surface area contributed by atoms with E-state index in [9.17, 15) is 14.7 Å². The predicted molar refractivity (Wildman–Crippen MR) is 256 cm³/mol. The molecule has 0 aliphatic rings. The van der Waals surface area contributed by atoms with Crippen LogP contribution in [0.25, 0.3) is 0 Å². The van der Waals surface area contributed by atoms with Crippen molar-refractivity contribution in [2.24, 2.45) is 0 Å². The third-order valence-corrected chi connectivity index (χ3v) is 13.8. The lowest BCUT2D eigenvalue weighted by Crippen LogP contribution is -2.10. The Morgan fingerprint density at radius 1 is 0.397 bits per heavy atom. The van der Waals surface area contributed by atoms with Crippen molar-refractivity contribution < 1.29 is 24.2 Å². The maximum Gasteiger partial charge on any atom is 0.315 e. The first-order valence-corrected chi connectivity index (χ1v) is 26.9. The van der Waals surface area contributed by atoms with Gasteiger partial charge in [0.05, 0.1) is 24.7 Å². The minimum Gasteiger partial charge on any atom is -0.507 e. The lowest BCUT2D eigenvalue weighted by molar-refractivity contribution is -0.141. The molecule has 0 aliphatic heterocycles. The maximum absolute atomic E-state index is 12.5. The van der Waals surface area contributed by atoms with E-state index in [1.165, 1.54) is 180 Å². The fraction of sp³-hybridized carbons (Fsp3) is 0.843. The van der Waals surface area contributed by atoms with Gasteiger partial charge in [0.15, 0.2) is 0 Å². The number of carbonyl (C=O) groups excluding carboxylic acids is 2. The van der Waals surface area contributed by atoms with Crippen LogP contribution in [0.5, 0.6) is 5.75 Å². The summed E-state index contributed by atoms with van der Waals surface area (Å²) >= 11 is 3.08. The van der Waals surface area contributed by atoms with Crippen LogP contribution in [0.1, 0.15) is 247 Å². The highest BCUT2D eigenvalue weighted by atomic mass is 32.2. The van der Waals surface area contributed by atoms with Crippen LogP contribution >= 0.6 is 23.5 Å². The number of ether oxygens (including phenoxy) is 2. The molecule has 0 aliphatic carbocycles. The van der Waals surface area contributed by atoms with E-state index in [1.54, 1.807) is 23.5 Å². The summed E-state index contributed by atoms with van der Waals surface area (Å²) in [6.45, 7) is 11.6. The Kier molecular flexibility index (Phi) is 37.5. The summed E-state index contributed by atoms with van der Waals surface area (Å²) in [7, 11) is 0. The summed E-state index contributed by atoms with van der Waals surface area (Å²) in [4.78, 5) is 24.9. The molecular formula is C51H92O5S2. The number of hydrogen-bond acceptors (Lipinski definition) is 7. The summed E-state index contributed by atoms with van der Waals surface area (Å²) in [5, 5.41) is 10.9. The van der Waals surface area contributed by atoms with Gasteiger partial charge in [-0.15, -0.1) is 23.5 Å². The minimum atomic E-state index is -0.161. The normalized spacial score (nSPS) is 11.4. The van der Waals surface area contributed by atoms with Gasteiger partial charge >= 0.3 is 11.9 Å². The van der Waals surface area contributed by atoms with Crippen LogP contribution in [0, 0.1) is 20.8 Å². The highest BCUT2D eigenvalue weighted by molar-refractivity contribution is 7.99. The number of thioether (sulfide) groups is 2. The van der Waals surface area contributed by atoms with Gasteiger partial charge in [0.1, 0.15) is 5.75 Å². The molecule has 0 saturated carbocycles. The van der Waals surface area contributed by atoms with Crippen LogP contribution in [0.15, 0.2) is 0 Å². The van der Waals surface area contributed by atoms with Crippen molar-refractivity contribution in [3.05, 3.63) is 27.8 Å².